The number of halogens is 1. The van der Waals surface area contributed by atoms with Crippen LogP contribution >= 0.6 is 23.4 Å². The number of benzene rings is 1. The third kappa shape index (κ3) is 4.81. The van der Waals surface area contributed by atoms with Crippen LogP contribution in [0.25, 0.3) is 11.3 Å². The molecule has 0 saturated carbocycles. The van der Waals surface area contributed by atoms with Crippen LogP contribution in [0, 0.1) is 5.92 Å². The second-order valence-electron chi connectivity index (χ2n) is 6.58. The number of piperidine rings is 1. The SMILES string of the molecule is CC(SCc1ncc(-c2ccc(Cl)cc2)o1)C(=O)N1CCC(CN)CC1. The van der Waals surface area contributed by atoms with Gasteiger partial charge in [0.15, 0.2) is 5.76 Å². The smallest absolute Gasteiger partial charge is 0.235 e. The van der Waals surface area contributed by atoms with Crippen molar-refractivity contribution in [3.8, 4) is 11.3 Å². The van der Waals surface area contributed by atoms with Gasteiger partial charge >= 0.3 is 0 Å². The number of rotatable bonds is 6. The van der Waals surface area contributed by atoms with E-state index in [0.29, 0.717) is 34.9 Å². The Kier molecular flexibility index (Phi) is 6.62. The molecule has 0 radical (unpaired) electrons. The fourth-order valence-corrected chi connectivity index (χ4v) is 3.98. The average molecular weight is 394 g/mol. The van der Waals surface area contributed by atoms with Gasteiger partial charge in [0, 0.05) is 23.7 Å². The first kappa shape index (κ1) is 19.3. The zero-order chi connectivity index (χ0) is 18.5. The summed E-state index contributed by atoms with van der Waals surface area (Å²) in [6.07, 6.45) is 3.72. The van der Waals surface area contributed by atoms with Crippen LogP contribution in [0.5, 0.6) is 0 Å². The number of oxazole rings is 1. The molecule has 1 saturated heterocycles. The molecule has 1 fully saturated rings. The number of carbonyl (C=O) groups excluding carboxylic acids is 1. The molecule has 1 aliphatic heterocycles. The van der Waals surface area contributed by atoms with E-state index in [9.17, 15) is 4.79 Å². The van der Waals surface area contributed by atoms with Gasteiger partial charge in [0.2, 0.25) is 11.8 Å². The molecule has 2 aromatic rings. The largest absolute Gasteiger partial charge is 0.440 e. The third-order valence-electron chi connectivity index (χ3n) is 4.75. The quantitative estimate of drug-likeness (QED) is 0.807. The van der Waals surface area contributed by atoms with Crippen molar-refractivity contribution in [1.29, 1.82) is 0 Å². The van der Waals surface area contributed by atoms with E-state index in [1.54, 1.807) is 18.0 Å². The zero-order valence-corrected chi connectivity index (χ0v) is 16.4. The number of hydrogen-bond acceptors (Lipinski definition) is 5. The number of likely N-dealkylation sites (tertiary alicyclic amines) is 1. The Morgan fingerprint density at radius 1 is 1.38 bits per heavy atom. The molecule has 1 atom stereocenters. The summed E-state index contributed by atoms with van der Waals surface area (Å²) >= 11 is 7.46. The van der Waals surface area contributed by atoms with E-state index in [2.05, 4.69) is 4.98 Å². The highest BCUT2D eigenvalue weighted by atomic mass is 35.5. The number of thioether (sulfide) groups is 1. The monoisotopic (exact) mass is 393 g/mol. The Labute approximate surface area is 163 Å². The Balaban J connectivity index is 1.51. The van der Waals surface area contributed by atoms with Crippen LogP contribution in [-0.4, -0.2) is 40.7 Å². The summed E-state index contributed by atoms with van der Waals surface area (Å²) in [6.45, 7) is 4.29. The number of amides is 1. The molecular weight excluding hydrogens is 370 g/mol. The maximum absolute atomic E-state index is 12.6. The van der Waals surface area contributed by atoms with E-state index in [1.807, 2.05) is 36.1 Å². The molecule has 1 unspecified atom stereocenters. The molecule has 2 N–H and O–H groups in total. The van der Waals surface area contributed by atoms with Gasteiger partial charge in [-0.05, 0) is 56.5 Å². The molecule has 0 spiro atoms. The summed E-state index contributed by atoms with van der Waals surface area (Å²) in [5, 5.41) is 0.571. The van der Waals surface area contributed by atoms with E-state index >= 15 is 0 Å². The lowest BCUT2D eigenvalue weighted by molar-refractivity contribution is -0.131. The van der Waals surface area contributed by atoms with Crippen molar-refractivity contribution >= 4 is 29.3 Å². The van der Waals surface area contributed by atoms with Crippen molar-refractivity contribution < 1.29 is 9.21 Å². The highest BCUT2D eigenvalue weighted by Crippen LogP contribution is 2.26. The summed E-state index contributed by atoms with van der Waals surface area (Å²) in [7, 11) is 0. The highest BCUT2D eigenvalue weighted by molar-refractivity contribution is 7.99. The maximum Gasteiger partial charge on any atom is 0.235 e. The van der Waals surface area contributed by atoms with Gasteiger partial charge in [-0.15, -0.1) is 11.8 Å². The summed E-state index contributed by atoms with van der Waals surface area (Å²) in [4.78, 5) is 18.9. The molecule has 1 aromatic carbocycles. The van der Waals surface area contributed by atoms with Crippen molar-refractivity contribution in [1.82, 2.24) is 9.88 Å². The molecule has 5 nitrogen and oxygen atoms in total. The Hall–Kier alpha value is -1.50. The van der Waals surface area contributed by atoms with Gasteiger partial charge in [0.25, 0.3) is 0 Å². The van der Waals surface area contributed by atoms with Crippen LogP contribution in [0.3, 0.4) is 0 Å². The Morgan fingerprint density at radius 2 is 2.08 bits per heavy atom. The van der Waals surface area contributed by atoms with Crippen LogP contribution in [-0.2, 0) is 10.5 Å². The second kappa shape index (κ2) is 8.93. The summed E-state index contributed by atoms with van der Waals surface area (Å²) in [6, 6.07) is 7.44. The van der Waals surface area contributed by atoms with Gasteiger partial charge in [-0.25, -0.2) is 4.98 Å². The number of carbonyl (C=O) groups is 1. The summed E-state index contributed by atoms with van der Waals surface area (Å²) in [5.41, 5.74) is 6.65. The topological polar surface area (TPSA) is 72.4 Å². The van der Waals surface area contributed by atoms with Gasteiger partial charge in [-0.1, -0.05) is 11.6 Å². The third-order valence-corrected chi connectivity index (χ3v) is 6.11. The number of hydrogen-bond donors (Lipinski definition) is 1. The predicted octanol–water partition coefficient (Wildman–Crippen LogP) is 3.81. The van der Waals surface area contributed by atoms with E-state index in [1.165, 1.54) is 0 Å². The van der Waals surface area contributed by atoms with Crippen LogP contribution in [0.15, 0.2) is 34.9 Å². The average Bonchev–Trinajstić information content (AvgIpc) is 3.15. The number of aromatic nitrogens is 1. The Morgan fingerprint density at radius 3 is 2.73 bits per heavy atom. The molecule has 26 heavy (non-hydrogen) atoms. The normalized spacial score (nSPS) is 16.7. The lowest BCUT2D eigenvalue weighted by atomic mass is 9.97. The van der Waals surface area contributed by atoms with Gasteiger partial charge < -0.3 is 15.1 Å². The van der Waals surface area contributed by atoms with Gasteiger partial charge in [-0.2, -0.15) is 0 Å². The molecule has 140 valence electrons. The molecule has 2 heterocycles. The zero-order valence-electron chi connectivity index (χ0n) is 14.9. The van der Waals surface area contributed by atoms with Crippen molar-refractivity contribution in [3.05, 3.63) is 41.4 Å². The van der Waals surface area contributed by atoms with Crippen LogP contribution < -0.4 is 5.73 Å². The summed E-state index contributed by atoms with van der Waals surface area (Å²) in [5.74, 6) is 2.65. The Bertz CT molecular complexity index is 727. The van der Waals surface area contributed by atoms with E-state index in [-0.39, 0.29) is 11.2 Å². The predicted molar refractivity (Wildman–Crippen MR) is 106 cm³/mol. The fraction of sp³-hybridized carbons (Fsp3) is 0.474. The molecule has 1 aromatic heterocycles. The first-order valence-corrected chi connectivity index (χ1v) is 10.3. The number of nitrogens with zero attached hydrogens (tertiary/aromatic N) is 2. The van der Waals surface area contributed by atoms with Crippen LogP contribution in [0.1, 0.15) is 25.7 Å². The minimum Gasteiger partial charge on any atom is -0.440 e. The van der Waals surface area contributed by atoms with Crippen molar-refractivity contribution in [2.24, 2.45) is 11.7 Å². The second-order valence-corrected chi connectivity index (χ2v) is 8.35. The first-order valence-electron chi connectivity index (χ1n) is 8.88. The molecule has 3 rings (SSSR count). The lowest BCUT2D eigenvalue weighted by Gasteiger charge is -2.32. The molecule has 1 aliphatic rings. The van der Waals surface area contributed by atoms with Crippen molar-refractivity contribution in [2.75, 3.05) is 19.6 Å². The maximum atomic E-state index is 12.6. The van der Waals surface area contributed by atoms with Gasteiger partial charge in [0.05, 0.1) is 17.2 Å². The van der Waals surface area contributed by atoms with E-state index < -0.39 is 0 Å². The molecular formula is C19H24ClN3O2S. The summed E-state index contributed by atoms with van der Waals surface area (Å²) < 4.78 is 5.80. The number of nitrogens with two attached hydrogens (primary N) is 1. The molecule has 0 aliphatic carbocycles. The standard InChI is InChI=1S/C19H24ClN3O2S/c1-13(19(24)23-8-6-14(10-21)7-9-23)26-12-18-22-11-17(25-18)15-2-4-16(20)5-3-15/h2-5,11,13-14H,6-10,12,21H2,1H3. The highest BCUT2D eigenvalue weighted by Gasteiger charge is 2.26. The van der Waals surface area contributed by atoms with Crippen molar-refractivity contribution in [2.45, 2.75) is 30.8 Å². The fourth-order valence-electron chi connectivity index (χ4n) is 3.04. The van der Waals surface area contributed by atoms with E-state index in [0.717, 1.165) is 31.5 Å². The first-order chi connectivity index (χ1) is 12.6. The van der Waals surface area contributed by atoms with Gasteiger partial charge in [-0.3, -0.25) is 4.79 Å². The van der Waals surface area contributed by atoms with Crippen LogP contribution in [0.2, 0.25) is 5.02 Å². The minimum atomic E-state index is -0.115. The molecule has 0 bridgehead atoms. The lowest BCUT2D eigenvalue weighted by Crippen LogP contribution is -2.43. The minimum absolute atomic E-state index is 0.115. The molecule has 7 heteroatoms. The van der Waals surface area contributed by atoms with Crippen molar-refractivity contribution in [3.63, 3.8) is 0 Å². The van der Waals surface area contributed by atoms with Crippen LogP contribution in [0.4, 0.5) is 0 Å². The van der Waals surface area contributed by atoms with E-state index in [4.69, 9.17) is 21.8 Å². The van der Waals surface area contributed by atoms with Gasteiger partial charge in [0.1, 0.15) is 0 Å². The molecule has 1 amide bonds.